The Kier molecular flexibility index (Phi) is 7.50. The zero-order chi connectivity index (χ0) is 17.4. The number of hydrogen-bond acceptors (Lipinski definition) is 5. The van der Waals surface area contributed by atoms with Crippen molar-refractivity contribution in [2.75, 3.05) is 14.1 Å². The molecule has 0 aliphatic heterocycles. The first-order valence-electron chi connectivity index (χ1n) is 7.31. The van der Waals surface area contributed by atoms with Crippen LogP contribution >= 0.6 is 0 Å². The first-order chi connectivity index (χ1) is 11.0. The van der Waals surface area contributed by atoms with Crippen LogP contribution in [-0.4, -0.2) is 43.5 Å². The van der Waals surface area contributed by atoms with Gasteiger partial charge in [-0.1, -0.05) is 12.1 Å². The lowest BCUT2D eigenvalue weighted by atomic mass is 10.0. The molecule has 1 rings (SSSR count). The van der Waals surface area contributed by atoms with Crippen LogP contribution in [0.15, 0.2) is 12.1 Å². The molecule has 0 bridgehead atoms. The lowest BCUT2D eigenvalue weighted by Gasteiger charge is -2.27. The fraction of sp³-hybridized carbons (Fsp3) is 0.438. The van der Waals surface area contributed by atoms with E-state index in [0.717, 1.165) is 6.29 Å². The zero-order valence-electron chi connectivity index (χ0n) is 13.3. The van der Waals surface area contributed by atoms with Gasteiger partial charge in [-0.2, -0.15) is 0 Å². The number of hydrogen-bond donors (Lipinski definition) is 2. The Bertz CT molecular complexity index is 578. The summed E-state index contributed by atoms with van der Waals surface area (Å²) in [7, 11) is 3.20. The number of halogens is 1. The van der Waals surface area contributed by atoms with Gasteiger partial charge in [0.2, 0.25) is 5.91 Å². The molecule has 0 aromatic heterocycles. The minimum absolute atomic E-state index is 0.00297. The molecule has 0 fully saturated rings. The summed E-state index contributed by atoms with van der Waals surface area (Å²) >= 11 is 0. The predicted molar refractivity (Wildman–Crippen MR) is 84.3 cm³/mol. The Morgan fingerprint density at radius 1 is 1.39 bits per heavy atom. The maximum Gasteiger partial charge on any atom is 0.237 e. The Labute approximate surface area is 134 Å². The number of likely N-dealkylation sites (N-methyl/N-ethyl adjacent to an activating group) is 2. The zero-order valence-corrected chi connectivity index (χ0v) is 13.3. The third-order valence-electron chi connectivity index (χ3n) is 3.75. The maximum atomic E-state index is 14.2. The standard InChI is InChI=1S/C16H22FN3O3/c1-19-16(23)14(4-3-7-21)20(2)9-12-6-5-11(8-18)15(17)13(12)10-22/h5-7,10,14H,3-4,8-9,18H2,1-2H3,(H,19,23). The second-order valence-corrected chi connectivity index (χ2v) is 5.22. The quantitative estimate of drug-likeness (QED) is 0.650. The average molecular weight is 323 g/mol. The van der Waals surface area contributed by atoms with E-state index < -0.39 is 11.9 Å². The number of amides is 1. The van der Waals surface area contributed by atoms with Gasteiger partial charge in [-0.25, -0.2) is 4.39 Å². The molecule has 7 heteroatoms. The molecule has 1 aromatic rings. The number of rotatable bonds is 9. The average Bonchev–Trinajstić information content (AvgIpc) is 2.55. The van der Waals surface area contributed by atoms with Gasteiger partial charge in [0.05, 0.1) is 11.6 Å². The van der Waals surface area contributed by atoms with Crippen LogP contribution in [-0.2, 0) is 22.7 Å². The first kappa shape index (κ1) is 18.9. The maximum absolute atomic E-state index is 14.2. The fourth-order valence-corrected chi connectivity index (χ4v) is 2.42. The first-order valence-corrected chi connectivity index (χ1v) is 7.31. The number of aldehydes is 2. The van der Waals surface area contributed by atoms with E-state index in [4.69, 9.17) is 5.73 Å². The van der Waals surface area contributed by atoms with Gasteiger partial charge in [-0.3, -0.25) is 14.5 Å². The topological polar surface area (TPSA) is 92.5 Å². The minimum Gasteiger partial charge on any atom is -0.358 e. The van der Waals surface area contributed by atoms with Crippen LogP contribution in [0.3, 0.4) is 0 Å². The molecule has 6 nitrogen and oxygen atoms in total. The summed E-state index contributed by atoms with van der Waals surface area (Å²) < 4.78 is 14.2. The number of nitrogens with one attached hydrogen (secondary N) is 1. The highest BCUT2D eigenvalue weighted by Gasteiger charge is 2.23. The number of carbonyl (C=O) groups excluding carboxylic acids is 3. The van der Waals surface area contributed by atoms with E-state index in [-0.39, 0.29) is 36.5 Å². The predicted octanol–water partition coefficient (Wildman–Crippen LogP) is 0.622. The van der Waals surface area contributed by atoms with Crippen LogP contribution in [0.1, 0.15) is 34.3 Å². The molecule has 1 unspecified atom stereocenters. The van der Waals surface area contributed by atoms with Gasteiger partial charge in [0, 0.05) is 32.1 Å². The van der Waals surface area contributed by atoms with E-state index in [9.17, 15) is 18.8 Å². The van der Waals surface area contributed by atoms with Crippen molar-refractivity contribution in [1.29, 1.82) is 0 Å². The second kappa shape index (κ2) is 9.12. The number of carbonyl (C=O) groups is 3. The van der Waals surface area contributed by atoms with Gasteiger partial charge < -0.3 is 15.8 Å². The smallest absolute Gasteiger partial charge is 0.237 e. The second-order valence-electron chi connectivity index (χ2n) is 5.22. The van der Waals surface area contributed by atoms with Gasteiger partial charge in [0.15, 0.2) is 6.29 Å². The Morgan fingerprint density at radius 3 is 2.57 bits per heavy atom. The molecule has 0 aliphatic rings. The monoisotopic (exact) mass is 323 g/mol. The lowest BCUT2D eigenvalue weighted by molar-refractivity contribution is -0.126. The SMILES string of the molecule is CNC(=O)C(CCC=O)N(C)Cc1ccc(CN)c(F)c1C=O. The molecule has 0 aliphatic carbocycles. The van der Waals surface area contributed by atoms with Gasteiger partial charge in [0.1, 0.15) is 12.1 Å². The van der Waals surface area contributed by atoms with Crippen LogP contribution in [0.5, 0.6) is 0 Å². The Hall–Kier alpha value is -2.12. The van der Waals surface area contributed by atoms with Crippen molar-refractivity contribution in [2.24, 2.45) is 5.73 Å². The van der Waals surface area contributed by atoms with Crippen LogP contribution in [0, 0.1) is 5.82 Å². The lowest BCUT2D eigenvalue weighted by Crippen LogP contribution is -2.43. The van der Waals surface area contributed by atoms with E-state index in [0.29, 0.717) is 18.3 Å². The highest BCUT2D eigenvalue weighted by atomic mass is 19.1. The van der Waals surface area contributed by atoms with Crippen molar-refractivity contribution in [2.45, 2.75) is 32.0 Å². The van der Waals surface area contributed by atoms with Crippen LogP contribution in [0.4, 0.5) is 4.39 Å². The summed E-state index contributed by atoms with van der Waals surface area (Å²) in [5.74, 6) is -0.862. The molecular weight excluding hydrogens is 301 g/mol. The molecule has 3 N–H and O–H groups in total. The fourth-order valence-electron chi connectivity index (χ4n) is 2.42. The van der Waals surface area contributed by atoms with Crippen molar-refractivity contribution in [3.8, 4) is 0 Å². The van der Waals surface area contributed by atoms with E-state index in [2.05, 4.69) is 5.32 Å². The van der Waals surface area contributed by atoms with Crippen LogP contribution in [0.2, 0.25) is 0 Å². The van der Waals surface area contributed by atoms with Crippen molar-refractivity contribution in [3.63, 3.8) is 0 Å². The van der Waals surface area contributed by atoms with Gasteiger partial charge in [-0.05, 0) is 19.0 Å². The van der Waals surface area contributed by atoms with E-state index in [1.54, 1.807) is 18.0 Å². The van der Waals surface area contributed by atoms with E-state index >= 15 is 0 Å². The third kappa shape index (κ3) is 4.67. The van der Waals surface area contributed by atoms with Gasteiger partial charge in [0.25, 0.3) is 0 Å². The van der Waals surface area contributed by atoms with Gasteiger partial charge >= 0.3 is 0 Å². The molecule has 1 aromatic carbocycles. The highest BCUT2D eigenvalue weighted by Crippen LogP contribution is 2.19. The van der Waals surface area contributed by atoms with Crippen LogP contribution < -0.4 is 11.1 Å². The number of nitrogens with two attached hydrogens (primary N) is 1. The molecule has 1 atom stereocenters. The summed E-state index contributed by atoms with van der Waals surface area (Å²) in [5.41, 5.74) is 6.12. The number of benzene rings is 1. The molecule has 0 saturated heterocycles. The summed E-state index contributed by atoms with van der Waals surface area (Å²) in [4.78, 5) is 35.4. The molecule has 0 spiro atoms. The molecule has 0 radical (unpaired) electrons. The van der Waals surface area contributed by atoms with Crippen molar-refractivity contribution >= 4 is 18.5 Å². The minimum atomic E-state index is -0.627. The van der Waals surface area contributed by atoms with Crippen molar-refractivity contribution in [1.82, 2.24) is 10.2 Å². The molecule has 23 heavy (non-hydrogen) atoms. The summed E-state index contributed by atoms with van der Waals surface area (Å²) in [6.07, 6.45) is 1.79. The summed E-state index contributed by atoms with van der Waals surface area (Å²) in [6, 6.07) is 2.62. The normalized spacial score (nSPS) is 12.0. The molecule has 126 valence electrons. The van der Waals surface area contributed by atoms with Gasteiger partial charge in [-0.15, -0.1) is 0 Å². The molecule has 0 saturated carbocycles. The van der Waals surface area contributed by atoms with E-state index in [1.165, 1.54) is 13.1 Å². The summed E-state index contributed by atoms with van der Waals surface area (Å²) in [6.45, 7) is 0.204. The van der Waals surface area contributed by atoms with Crippen LogP contribution in [0.25, 0.3) is 0 Å². The summed E-state index contributed by atoms with van der Waals surface area (Å²) in [5, 5.41) is 2.54. The highest BCUT2D eigenvalue weighted by molar-refractivity contribution is 5.82. The van der Waals surface area contributed by atoms with Crippen molar-refractivity contribution < 1.29 is 18.8 Å². The number of nitrogens with zero attached hydrogens (tertiary/aromatic N) is 1. The van der Waals surface area contributed by atoms with E-state index in [1.807, 2.05) is 0 Å². The molecular formula is C16H22FN3O3. The molecule has 1 amide bonds. The molecule has 0 heterocycles. The Morgan fingerprint density at radius 2 is 2.04 bits per heavy atom. The third-order valence-corrected chi connectivity index (χ3v) is 3.75. The van der Waals surface area contributed by atoms with Crippen molar-refractivity contribution in [3.05, 3.63) is 34.6 Å². The Balaban J connectivity index is 3.04. The largest absolute Gasteiger partial charge is 0.358 e.